The minimum absolute atomic E-state index is 0.188. The van der Waals surface area contributed by atoms with E-state index in [0.717, 1.165) is 32.6 Å². The van der Waals surface area contributed by atoms with E-state index in [4.69, 9.17) is 0 Å². The van der Waals surface area contributed by atoms with E-state index in [2.05, 4.69) is 40.0 Å². The Morgan fingerprint density at radius 1 is 1.32 bits per heavy atom. The molecular formula is C15H22BrFN2. The molecule has 1 heterocycles. The molecule has 19 heavy (non-hydrogen) atoms. The van der Waals surface area contributed by atoms with E-state index in [1.54, 1.807) is 6.07 Å². The second-order valence-corrected chi connectivity index (χ2v) is 6.46. The molecule has 2 nitrogen and oxygen atoms in total. The summed E-state index contributed by atoms with van der Waals surface area (Å²) in [6.45, 7) is 8.69. The Kier molecular flexibility index (Phi) is 5.37. The molecule has 1 aliphatic heterocycles. The van der Waals surface area contributed by atoms with Crippen molar-refractivity contribution in [3.05, 3.63) is 34.1 Å². The molecule has 0 aliphatic carbocycles. The van der Waals surface area contributed by atoms with Crippen molar-refractivity contribution in [3.8, 4) is 0 Å². The van der Waals surface area contributed by atoms with Gasteiger partial charge in [0.05, 0.1) is 4.47 Å². The van der Waals surface area contributed by atoms with Gasteiger partial charge in [0.2, 0.25) is 0 Å². The Morgan fingerprint density at radius 2 is 2.00 bits per heavy atom. The SMILES string of the molecule is CC(C)C[C@H](c1ccc(F)c(Br)c1)N1CCNCC1. The number of piperazine rings is 1. The highest BCUT2D eigenvalue weighted by molar-refractivity contribution is 9.10. The van der Waals surface area contributed by atoms with E-state index in [1.807, 2.05) is 12.1 Å². The van der Waals surface area contributed by atoms with Crippen LogP contribution in [0.4, 0.5) is 4.39 Å². The van der Waals surface area contributed by atoms with Gasteiger partial charge in [-0.1, -0.05) is 19.9 Å². The molecule has 1 aromatic carbocycles. The number of hydrogen-bond donors (Lipinski definition) is 1. The molecular weight excluding hydrogens is 307 g/mol. The molecule has 0 amide bonds. The first kappa shape index (κ1) is 14.9. The molecule has 0 radical (unpaired) electrons. The standard InChI is InChI=1S/C15H22BrFN2/c1-11(2)9-15(19-7-5-18-6-8-19)12-3-4-14(17)13(16)10-12/h3-4,10-11,15,18H,5-9H2,1-2H3/t15-/m1/s1. The molecule has 1 N–H and O–H groups in total. The third kappa shape index (κ3) is 4.01. The third-order valence-corrected chi connectivity index (χ3v) is 4.22. The largest absolute Gasteiger partial charge is 0.314 e. The number of benzene rings is 1. The predicted molar refractivity (Wildman–Crippen MR) is 80.7 cm³/mol. The van der Waals surface area contributed by atoms with E-state index < -0.39 is 0 Å². The normalized spacial score (nSPS) is 18.8. The van der Waals surface area contributed by atoms with Crippen molar-refractivity contribution in [1.82, 2.24) is 10.2 Å². The van der Waals surface area contributed by atoms with Gasteiger partial charge in [-0.25, -0.2) is 4.39 Å². The van der Waals surface area contributed by atoms with Crippen molar-refractivity contribution in [2.24, 2.45) is 5.92 Å². The molecule has 1 saturated heterocycles. The van der Waals surface area contributed by atoms with E-state index >= 15 is 0 Å². The zero-order chi connectivity index (χ0) is 13.8. The maximum absolute atomic E-state index is 13.4. The van der Waals surface area contributed by atoms with E-state index in [1.165, 1.54) is 5.56 Å². The summed E-state index contributed by atoms with van der Waals surface area (Å²) in [6.07, 6.45) is 1.11. The van der Waals surface area contributed by atoms with Crippen molar-refractivity contribution >= 4 is 15.9 Å². The molecule has 4 heteroatoms. The Bertz CT molecular complexity index is 417. The van der Waals surface area contributed by atoms with Crippen LogP contribution in [0.25, 0.3) is 0 Å². The molecule has 0 saturated carbocycles. The summed E-state index contributed by atoms with van der Waals surface area (Å²) in [4.78, 5) is 2.51. The molecule has 1 aliphatic rings. The van der Waals surface area contributed by atoms with Crippen LogP contribution in [0.5, 0.6) is 0 Å². The van der Waals surface area contributed by atoms with E-state index in [-0.39, 0.29) is 5.82 Å². The van der Waals surface area contributed by atoms with Gasteiger partial charge in [0.15, 0.2) is 0 Å². The lowest BCUT2D eigenvalue weighted by Crippen LogP contribution is -2.45. The summed E-state index contributed by atoms with van der Waals surface area (Å²) < 4.78 is 14.0. The van der Waals surface area contributed by atoms with Gasteiger partial charge < -0.3 is 5.32 Å². The smallest absolute Gasteiger partial charge is 0.137 e. The zero-order valence-electron chi connectivity index (χ0n) is 11.6. The lowest BCUT2D eigenvalue weighted by molar-refractivity contribution is 0.154. The Morgan fingerprint density at radius 3 is 2.58 bits per heavy atom. The van der Waals surface area contributed by atoms with Crippen LogP contribution >= 0.6 is 15.9 Å². The molecule has 1 atom stereocenters. The van der Waals surface area contributed by atoms with Crippen molar-refractivity contribution in [3.63, 3.8) is 0 Å². The van der Waals surface area contributed by atoms with Crippen LogP contribution in [0.2, 0.25) is 0 Å². The monoisotopic (exact) mass is 328 g/mol. The third-order valence-electron chi connectivity index (χ3n) is 3.62. The second kappa shape index (κ2) is 6.82. The first-order chi connectivity index (χ1) is 9.08. The lowest BCUT2D eigenvalue weighted by Gasteiger charge is -2.36. The molecule has 0 unspecified atom stereocenters. The highest BCUT2D eigenvalue weighted by Crippen LogP contribution is 2.30. The highest BCUT2D eigenvalue weighted by Gasteiger charge is 2.23. The maximum atomic E-state index is 13.4. The average Bonchev–Trinajstić information content (AvgIpc) is 2.40. The van der Waals surface area contributed by atoms with Crippen LogP contribution in [0.15, 0.2) is 22.7 Å². The van der Waals surface area contributed by atoms with Crippen molar-refractivity contribution in [2.75, 3.05) is 26.2 Å². The predicted octanol–water partition coefficient (Wildman–Crippen LogP) is 3.58. The average molecular weight is 329 g/mol. The van der Waals surface area contributed by atoms with E-state index in [0.29, 0.717) is 16.4 Å². The van der Waals surface area contributed by atoms with E-state index in [9.17, 15) is 4.39 Å². The topological polar surface area (TPSA) is 15.3 Å². The molecule has 2 rings (SSSR count). The maximum Gasteiger partial charge on any atom is 0.137 e. The van der Waals surface area contributed by atoms with Gasteiger partial charge in [-0.3, -0.25) is 4.90 Å². The Balaban J connectivity index is 2.22. The molecule has 0 spiro atoms. The summed E-state index contributed by atoms with van der Waals surface area (Å²) in [5.41, 5.74) is 1.21. The number of halogens is 2. The first-order valence-corrected chi connectivity index (χ1v) is 7.77. The van der Waals surface area contributed by atoms with Gasteiger partial charge in [-0.2, -0.15) is 0 Å². The Labute approximate surface area is 123 Å². The van der Waals surface area contributed by atoms with Crippen molar-refractivity contribution in [2.45, 2.75) is 26.3 Å². The van der Waals surface area contributed by atoms with Crippen LogP contribution in [0.1, 0.15) is 31.9 Å². The van der Waals surface area contributed by atoms with Crippen LogP contribution in [0, 0.1) is 11.7 Å². The van der Waals surface area contributed by atoms with Gasteiger partial charge in [0.25, 0.3) is 0 Å². The van der Waals surface area contributed by atoms with Gasteiger partial charge in [-0.15, -0.1) is 0 Å². The fraction of sp³-hybridized carbons (Fsp3) is 0.600. The molecule has 1 fully saturated rings. The van der Waals surface area contributed by atoms with Crippen LogP contribution in [0.3, 0.4) is 0 Å². The van der Waals surface area contributed by atoms with Gasteiger partial charge in [-0.05, 0) is 46.0 Å². The number of nitrogens with zero attached hydrogens (tertiary/aromatic N) is 1. The molecule has 1 aromatic rings. The molecule has 0 aromatic heterocycles. The van der Waals surface area contributed by atoms with Crippen molar-refractivity contribution in [1.29, 1.82) is 0 Å². The lowest BCUT2D eigenvalue weighted by atomic mass is 9.95. The summed E-state index contributed by atoms with van der Waals surface area (Å²) in [7, 11) is 0. The summed E-state index contributed by atoms with van der Waals surface area (Å²) in [5, 5.41) is 3.38. The fourth-order valence-electron chi connectivity index (χ4n) is 2.66. The number of hydrogen-bond acceptors (Lipinski definition) is 2. The summed E-state index contributed by atoms with van der Waals surface area (Å²) in [5.74, 6) is 0.441. The fourth-order valence-corrected chi connectivity index (χ4v) is 3.05. The van der Waals surface area contributed by atoms with Crippen LogP contribution in [-0.4, -0.2) is 31.1 Å². The number of nitrogens with one attached hydrogen (secondary N) is 1. The van der Waals surface area contributed by atoms with Gasteiger partial charge in [0.1, 0.15) is 5.82 Å². The first-order valence-electron chi connectivity index (χ1n) is 6.97. The molecule has 0 bridgehead atoms. The van der Waals surface area contributed by atoms with Gasteiger partial charge in [0, 0.05) is 32.2 Å². The molecule has 106 valence electrons. The Hall–Kier alpha value is -0.450. The van der Waals surface area contributed by atoms with Crippen LogP contribution < -0.4 is 5.32 Å². The highest BCUT2D eigenvalue weighted by atomic mass is 79.9. The minimum atomic E-state index is -0.188. The zero-order valence-corrected chi connectivity index (χ0v) is 13.2. The summed E-state index contributed by atoms with van der Waals surface area (Å²) >= 11 is 3.30. The van der Waals surface area contributed by atoms with Crippen LogP contribution in [-0.2, 0) is 0 Å². The quantitative estimate of drug-likeness (QED) is 0.908. The van der Waals surface area contributed by atoms with Gasteiger partial charge >= 0.3 is 0 Å². The second-order valence-electron chi connectivity index (χ2n) is 5.60. The summed E-state index contributed by atoms with van der Waals surface area (Å²) in [6, 6.07) is 5.81. The number of rotatable bonds is 4. The minimum Gasteiger partial charge on any atom is -0.314 e. The van der Waals surface area contributed by atoms with Crippen molar-refractivity contribution < 1.29 is 4.39 Å².